The van der Waals surface area contributed by atoms with Crippen molar-refractivity contribution in [1.29, 1.82) is 0 Å². The number of aliphatic hydroxyl groups is 1. The van der Waals surface area contributed by atoms with Crippen LogP contribution < -0.4 is 5.32 Å². The lowest BCUT2D eigenvalue weighted by atomic mass is 10.2. The van der Waals surface area contributed by atoms with E-state index >= 15 is 0 Å². The summed E-state index contributed by atoms with van der Waals surface area (Å²) in [4.78, 5) is 3.41. The maximum atomic E-state index is 12.4. The molecule has 17 heavy (non-hydrogen) atoms. The summed E-state index contributed by atoms with van der Waals surface area (Å²) in [6.07, 6.45) is -5.53. The van der Waals surface area contributed by atoms with Crippen molar-refractivity contribution in [2.75, 3.05) is 6.54 Å². The molecule has 0 spiro atoms. The highest BCUT2D eigenvalue weighted by atomic mass is 19.4. The van der Waals surface area contributed by atoms with Crippen LogP contribution in [0.25, 0.3) is 0 Å². The van der Waals surface area contributed by atoms with Crippen molar-refractivity contribution in [2.45, 2.75) is 32.2 Å². The third-order valence-electron chi connectivity index (χ3n) is 2.12. The van der Waals surface area contributed by atoms with Crippen LogP contribution in [0.15, 0.2) is 18.2 Å². The van der Waals surface area contributed by atoms with Crippen molar-refractivity contribution in [1.82, 2.24) is 10.3 Å². The number of rotatable bonds is 4. The maximum Gasteiger partial charge on any atom is 0.433 e. The highest BCUT2D eigenvalue weighted by molar-refractivity contribution is 5.15. The van der Waals surface area contributed by atoms with Gasteiger partial charge in [-0.25, -0.2) is 4.98 Å². The van der Waals surface area contributed by atoms with Gasteiger partial charge in [0.05, 0.1) is 5.69 Å². The Kier molecular flexibility index (Phi) is 4.47. The fraction of sp³-hybridized carbons (Fsp3) is 0.545. The van der Waals surface area contributed by atoms with E-state index in [1.807, 2.05) is 13.8 Å². The molecule has 3 nitrogen and oxygen atoms in total. The fourth-order valence-electron chi connectivity index (χ4n) is 1.25. The zero-order chi connectivity index (χ0) is 13.1. The van der Waals surface area contributed by atoms with E-state index in [2.05, 4.69) is 10.3 Å². The average Bonchev–Trinajstić information content (AvgIpc) is 2.25. The predicted molar refractivity (Wildman–Crippen MR) is 57.3 cm³/mol. The number of nitrogens with one attached hydrogen (secondary N) is 1. The summed E-state index contributed by atoms with van der Waals surface area (Å²) in [5.74, 6) is 0. The van der Waals surface area contributed by atoms with Crippen molar-refractivity contribution in [3.63, 3.8) is 0 Å². The van der Waals surface area contributed by atoms with Gasteiger partial charge < -0.3 is 10.4 Å². The van der Waals surface area contributed by atoms with Gasteiger partial charge in [-0.2, -0.15) is 13.2 Å². The second-order valence-electron chi connectivity index (χ2n) is 4.02. The summed E-state index contributed by atoms with van der Waals surface area (Å²) in [5, 5.41) is 12.6. The Morgan fingerprint density at radius 3 is 2.53 bits per heavy atom. The molecular weight excluding hydrogens is 233 g/mol. The van der Waals surface area contributed by atoms with Crippen molar-refractivity contribution < 1.29 is 18.3 Å². The van der Waals surface area contributed by atoms with Gasteiger partial charge in [-0.05, 0) is 12.1 Å². The van der Waals surface area contributed by atoms with Gasteiger partial charge in [0.25, 0.3) is 0 Å². The number of aliphatic hydroxyl groups excluding tert-OH is 1. The fourth-order valence-corrected chi connectivity index (χ4v) is 1.25. The molecule has 1 aromatic heterocycles. The van der Waals surface area contributed by atoms with E-state index < -0.39 is 18.0 Å². The number of hydrogen-bond donors (Lipinski definition) is 2. The zero-order valence-electron chi connectivity index (χ0n) is 9.62. The third kappa shape index (κ3) is 4.32. The Balaban J connectivity index is 2.77. The molecule has 0 aliphatic rings. The molecule has 1 heterocycles. The van der Waals surface area contributed by atoms with E-state index in [-0.39, 0.29) is 18.3 Å². The largest absolute Gasteiger partial charge is 0.433 e. The Bertz CT molecular complexity index is 366. The van der Waals surface area contributed by atoms with Crippen LogP contribution >= 0.6 is 0 Å². The lowest BCUT2D eigenvalue weighted by Gasteiger charge is -2.15. The average molecular weight is 248 g/mol. The molecule has 0 aliphatic carbocycles. The Morgan fingerprint density at radius 2 is 2.00 bits per heavy atom. The van der Waals surface area contributed by atoms with E-state index in [4.69, 9.17) is 0 Å². The SMILES string of the molecule is CC(C)NC[C@@H](O)c1cccc(C(F)(F)F)n1. The molecule has 0 saturated heterocycles. The number of halogens is 3. The number of pyridine rings is 1. The van der Waals surface area contributed by atoms with Crippen molar-refractivity contribution in [2.24, 2.45) is 0 Å². The monoisotopic (exact) mass is 248 g/mol. The molecule has 0 unspecified atom stereocenters. The van der Waals surface area contributed by atoms with Crippen LogP contribution in [0.3, 0.4) is 0 Å². The van der Waals surface area contributed by atoms with Gasteiger partial charge in [0, 0.05) is 12.6 Å². The molecule has 6 heteroatoms. The van der Waals surface area contributed by atoms with Gasteiger partial charge in [-0.15, -0.1) is 0 Å². The predicted octanol–water partition coefficient (Wildman–Crippen LogP) is 2.13. The molecule has 96 valence electrons. The van der Waals surface area contributed by atoms with E-state index in [9.17, 15) is 18.3 Å². The van der Waals surface area contributed by atoms with Crippen LogP contribution in [0, 0.1) is 0 Å². The van der Waals surface area contributed by atoms with Gasteiger partial charge in [0.1, 0.15) is 11.8 Å². The van der Waals surface area contributed by atoms with Crippen molar-refractivity contribution >= 4 is 0 Å². The minimum Gasteiger partial charge on any atom is -0.385 e. The molecule has 0 fully saturated rings. The lowest BCUT2D eigenvalue weighted by molar-refractivity contribution is -0.141. The van der Waals surface area contributed by atoms with Crippen LogP contribution in [0.5, 0.6) is 0 Å². The van der Waals surface area contributed by atoms with Crippen LogP contribution in [0.1, 0.15) is 31.3 Å². The van der Waals surface area contributed by atoms with Crippen LogP contribution in [-0.4, -0.2) is 22.7 Å². The van der Waals surface area contributed by atoms with E-state index in [1.165, 1.54) is 12.1 Å². The Labute approximate surface area is 97.7 Å². The van der Waals surface area contributed by atoms with Gasteiger partial charge >= 0.3 is 6.18 Å². The third-order valence-corrected chi connectivity index (χ3v) is 2.12. The maximum absolute atomic E-state index is 12.4. The van der Waals surface area contributed by atoms with Crippen LogP contribution in [0.4, 0.5) is 13.2 Å². The lowest BCUT2D eigenvalue weighted by Crippen LogP contribution is -2.28. The number of nitrogens with zero attached hydrogens (tertiary/aromatic N) is 1. The summed E-state index contributed by atoms with van der Waals surface area (Å²) in [6, 6.07) is 3.65. The second-order valence-corrected chi connectivity index (χ2v) is 4.02. The number of aromatic nitrogens is 1. The van der Waals surface area contributed by atoms with E-state index in [0.717, 1.165) is 6.07 Å². The minimum absolute atomic E-state index is 0.0213. The standard InChI is InChI=1S/C11H15F3N2O/c1-7(2)15-6-9(17)8-4-3-5-10(16-8)11(12,13)14/h3-5,7,9,15,17H,6H2,1-2H3/t9-/m1/s1. The highest BCUT2D eigenvalue weighted by Gasteiger charge is 2.32. The molecule has 0 aliphatic heterocycles. The zero-order valence-corrected chi connectivity index (χ0v) is 9.62. The molecule has 1 atom stereocenters. The normalized spacial score (nSPS) is 14.1. The van der Waals surface area contributed by atoms with Gasteiger partial charge in [-0.3, -0.25) is 0 Å². The first kappa shape index (κ1) is 13.9. The summed E-state index contributed by atoms with van der Waals surface area (Å²) >= 11 is 0. The molecule has 0 aromatic carbocycles. The van der Waals surface area contributed by atoms with Crippen molar-refractivity contribution in [3.05, 3.63) is 29.6 Å². The first-order valence-corrected chi connectivity index (χ1v) is 5.26. The van der Waals surface area contributed by atoms with Gasteiger partial charge in [-0.1, -0.05) is 19.9 Å². The summed E-state index contributed by atoms with van der Waals surface area (Å²) in [5.41, 5.74) is -0.966. The van der Waals surface area contributed by atoms with Gasteiger partial charge in [0.2, 0.25) is 0 Å². The molecule has 0 bridgehead atoms. The van der Waals surface area contributed by atoms with Crippen LogP contribution in [-0.2, 0) is 6.18 Å². The molecule has 1 aromatic rings. The topological polar surface area (TPSA) is 45.1 Å². The summed E-state index contributed by atoms with van der Waals surface area (Å²) in [6.45, 7) is 3.94. The second kappa shape index (κ2) is 5.46. The first-order valence-electron chi connectivity index (χ1n) is 5.26. The molecular formula is C11H15F3N2O. The van der Waals surface area contributed by atoms with E-state index in [0.29, 0.717) is 0 Å². The minimum atomic E-state index is -4.48. The van der Waals surface area contributed by atoms with E-state index in [1.54, 1.807) is 0 Å². The molecule has 1 rings (SSSR count). The Morgan fingerprint density at radius 1 is 1.35 bits per heavy atom. The number of hydrogen-bond acceptors (Lipinski definition) is 3. The van der Waals surface area contributed by atoms with Crippen LogP contribution in [0.2, 0.25) is 0 Å². The van der Waals surface area contributed by atoms with Crippen molar-refractivity contribution in [3.8, 4) is 0 Å². The summed E-state index contributed by atoms with van der Waals surface area (Å²) in [7, 11) is 0. The highest BCUT2D eigenvalue weighted by Crippen LogP contribution is 2.28. The summed E-state index contributed by atoms with van der Waals surface area (Å²) < 4.78 is 37.2. The van der Waals surface area contributed by atoms with Gasteiger partial charge in [0.15, 0.2) is 0 Å². The Hall–Kier alpha value is -1.14. The first-order chi connectivity index (χ1) is 7.80. The molecule has 0 amide bonds. The number of alkyl halides is 3. The quantitative estimate of drug-likeness (QED) is 0.858. The smallest absolute Gasteiger partial charge is 0.385 e. The molecule has 2 N–H and O–H groups in total. The molecule has 0 radical (unpaired) electrons. The molecule has 0 saturated carbocycles.